The molecule has 0 fully saturated rings. The molecule has 0 saturated carbocycles. The van der Waals surface area contributed by atoms with Gasteiger partial charge in [-0.15, -0.1) is 0 Å². The predicted octanol–water partition coefficient (Wildman–Crippen LogP) is 4.14. The summed E-state index contributed by atoms with van der Waals surface area (Å²) in [4.78, 5) is 0. The van der Waals surface area contributed by atoms with Gasteiger partial charge in [-0.25, -0.2) is 0 Å². The molecule has 0 aliphatic heterocycles. The van der Waals surface area contributed by atoms with Crippen LogP contribution in [0.25, 0.3) is 0 Å². The van der Waals surface area contributed by atoms with E-state index in [9.17, 15) is 0 Å². The Kier molecular flexibility index (Phi) is 5.79. The summed E-state index contributed by atoms with van der Waals surface area (Å²) in [7, 11) is 0. The first kappa shape index (κ1) is 12.5. The maximum Gasteiger partial charge on any atom is 0.0684 e. The van der Waals surface area contributed by atoms with Gasteiger partial charge < -0.3 is 0 Å². The van der Waals surface area contributed by atoms with E-state index in [1.54, 1.807) is 0 Å². The quantitative estimate of drug-likeness (QED) is 0.604. The van der Waals surface area contributed by atoms with Crippen LogP contribution in [-0.4, -0.2) is 0 Å². The van der Waals surface area contributed by atoms with E-state index >= 15 is 0 Å². The Hall–Kier alpha value is -0.510. The fraction of sp³-hybridized carbons (Fsp3) is 0.917. The zero-order chi connectivity index (χ0) is 10.3. The molecular formula is C12H23N. The minimum Gasteiger partial charge on any atom is -0.198 e. The fourth-order valence-electron chi connectivity index (χ4n) is 1.71. The van der Waals surface area contributed by atoms with E-state index < -0.39 is 0 Å². The van der Waals surface area contributed by atoms with Gasteiger partial charge in [0.25, 0.3) is 0 Å². The van der Waals surface area contributed by atoms with Crippen LogP contribution < -0.4 is 0 Å². The van der Waals surface area contributed by atoms with E-state index in [1.807, 2.05) is 13.8 Å². The molecule has 0 bridgehead atoms. The molecule has 0 aliphatic rings. The Labute approximate surface area is 83.1 Å². The third-order valence-corrected chi connectivity index (χ3v) is 2.64. The van der Waals surface area contributed by atoms with E-state index in [0.29, 0.717) is 0 Å². The van der Waals surface area contributed by atoms with Crippen molar-refractivity contribution in [2.45, 2.75) is 59.8 Å². The maximum atomic E-state index is 8.91. The highest BCUT2D eigenvalue weighted by molar-refractivity contribution is 4.92. The average Bonchev–Trinajstić information content (AvgIpc) is 2.12. The third-order valence-electron chi connectivity index (χ3n) is 2.64. The first-order valence-electron chi connectivity index (χ1n) is 5.47. The second-order valence-electron chi connectivity index (χ2n) is 4.62. The SMILES string of the molecule is CCCC[C@@H](CC)CC(C)(C)C#N. The summed E-state index contributed by atoms with van der Waals surface area (Å²) < 4.78 is 0. The Balaban J connectivity index is 3.91. The number of hydrogen-bond acceptors (Lipinski definition) is 1. The van der Waals surface area contributed by atoms with E-state index in [2.05, 4.69) is 19.9 Å². The summed E-state index contributed by atoms with van der Waals surface area (Å²) in [5.74, 6) is 0.745. The van der Waals surface area contributed by atoms with Gasteiger partial charge in [0, 0.05) is 0 Å². The van der Waals surface area contributed by atoms with Gasteiger partial charge in [-0.2, -0.15) is 5.26 Å². The molecule has 0 amide bonds. The Morgan fingerprint density at radius 1 is 1.31 bits per heavy atom. The zero-order valence-corrected chi connectivity index (χ0v) is 9.56. The summed E-state index contributed by atoms with van der Waals surface area (Å²) in [5, 5.41) is 8.91. The molecule has 0 heterocycles. The molecule has 0 aliphatic carbocycles. The van der Waals surface area contributed by atoms with E-state index in [0.717, 1.165) is 12.3 Å². The molecule has 0 rings (SSSR count). The number of rotatable bonds is 6. The lowest BCUT2D eigenvalue weighted by Gasteiger charge is -2.22. The normalized spacial score (nSPS) is 13.8. The molecule has 0 N–H and O–H groups in total. The Morgan fingerprint density at radius 2 is 1.92 bits per heavy atom. The van der Waals surface area contributed by atoms with Crippen molar-refractivity contribution in [3.8, 4) is 6.07 Å². The van der Waals surface area contributed by atoms with Crippen molar-refractivity contribution < 1.29 is 0 Å². The summed E-state index contributed by atoms with van der Waals surface area (Å²) in [6, 6.07) is 2.38. The number of hydrogen-bond donors (Lipinski definition) is 0. The van der Waals surface area contributed by atoms with Crippen molar-refractivity contribution in [3.63, 3.8) is 0 Å². The molecule has 0 aromatic carbocycles. The van der Waals surface area contributed by atoms with Crippen LogP contribution in [0.15, 0.2) is 0 Å². The Bertz CT molecular complexity index is 164. The van der Waals surface area contributed by atoms with Gasteiger partial charge in [0.2, 0.25) is 0 Å². The van der Waals surface area contributed by atoms with E-state index in [1.165, 1.54) is 25.7 Å². The highest BCUT2D eigenvalue weighted by Gasteiger charge is 2.21. The van der Waals surface area contributed by atoms with Crippen LogP contribution in [0, 0.1) is 22.7 Å². The van der Waals surface area contributed by atoms with Crippen molar-refractivity contribution in [1.29, 1.82) is 5.26 Å². The van der Waals surface area contributed by atoms with E-state index in [-0.39, 0.29) is 5.41 Å². The highest BCUT2D eigenvalue weighted by atomic mass is 14.3. The topological polar surface area (TPSA) is 23.8 Å². The molecule has 13 heavy (non-hydrogen) atoms. The van der Waals surface area contributed by atoms with Gasteiger partial charge in [0.05, 0.1) is 11.5 Å². The number of unbranched alkanes of at least 4 members (excludes halogenated alkanes) is 1. The lowest BCUT2D eigenvalue weighted by molar-refractivity contribution is 0.311. The monoisotopic (exact) mass is 181 g/mol. The molecule has 1 heteroatoms. The van der Waals surface area contributed by atoms with Crippen LogP contribution >= 0.6 is 0 Å². The standard InChI is InChI=1S/C12H23N/c1-5-7-8-11(6-2)9-12(3,4)10-13/h11H,5-9H2,1-4H3/t11-/m1/s1. The minimum absolute atomic E-state index is 0.131. The van der Waals surface area contributed by atoms with Gasteiger partial charge in [-0.1, -0.05) is 39.5 Å². The molecule has 0 aromatic rings. The van der Waals surface area contributed by atoms with Gasteiger partial charge >= 0.3 is 0 Å². The second-order valence-corrected chi connectivity index (χ2v) is 4.62. The predicted molar refractivity (Wildman–Crippen MR) is 57.3 cm³/mol. The van der Waals surface area contributed by atoms with Crippen LogP contribution in [0.2, 0.25) is 0 Å². The lowest BCUT2D eigenvalue weighted by Crippen LogP contribution is -2.14. The van der Waals surface area contributed by atoms with Crippen LogP contribution in [-0.2, 0) is 0 Å². The summed E-state index contributed by atoms with van der Waals surface area (Å²) in [6.07, 6.45) is 6.13. The van der Waals surface area contributed by atoms with E-state index in [4.69, 9.17) is 5.26 Å². The van der Waals surface area contributed by atoms with Crippen molar-refractivity contribution >= 4 is 0 Å². The van der Waals surface area contributed by atoms with Crippen molar-refractivity contribution in [2.75, 3.05) is 0 Å². The van der Waals surface area contributed by atoms with Gasteiger partial charge in [-0.3, -0.25) is 0 Å². The molecule has 0 saturated heterocycles. The largest absolute Gasteiger partial charge is 0.198 e. The molecule has 0 spiro atoms. The van der Waals surface area contributed by atoms with Gasteiger partial charge in [0.15, 0.2) is 0 Å². The van der Waals surface area contributed by atoms with Crippen molar-refractivity contribution in [1.82, 2.24) is 0 Å². The number of nitriles is 1. The van der Waals surface area contributed by atoms with Crippen molar-refractivity contribution in [3.05, 3.63) is 0 Å². The molecular weight excluding hydrogens is 158 g/mol. The zero-order valence-electron chi connectivity index (χ0n) is 9.56. The second kappa shape index (κ2) is 6.02. The van der Waals surface area contributed by atoms with Crippen LogP contribution in [0.1, 0.15) is 59.8 Å². The first-order valence-corrected chi connectivity index (χ1v) is 5.47. The average molecular weight is 181 g/mol. The smallest absolute Gasteiger partial charge is 0.0684 e. The van der Waals surface area contributed by atoms with Crippen LogP contribution in [0.5, 0.6) is 0 Å². The van der Waals surface area contributed by atoms with Crippen LogP contribution in [0.3, 0.4) is 0 Å². The van der Waals surface area contributed by atoms with Crippen LogP contribution in [0.4, 0.5) is 0 Å². The van der Waals surface area contributed by atoms with Crippen molar-refractivity contribution in [2.24, 2.45) is 11.3 Å². The maximum absolute atomic E-state index is 8.91. The van der Waals surface area contributed by atoms with Gasteiger partial charge in [0.1, 0.15) is 0 Å². The molecule has 1 atom stereocenters. The number of nitrogens with zero attached hydrogens (tertiary/aromatic N) is 1. The summed E-state index contributed by atoms with van der Waals surface area (Å²) >= 11 is 0. The summed E-state index contributed by atoms with van der Waals surface area (Å²) in [6.45, 7) is 8.54. The summed E-state index contributed by atoms with van der Waals surface area (Å²) in [5.41, 5.74) is -0.131. The third kappa shape index (κ3) is 5.69. The molecule has 76 valence electrons. The molecule has 0 aromatic heterocycles. The molecule has 1 nitrogen and oxygen atoms in total. The molecule has 0 radical (unpaired) electrons. The highest BCUT2D eigenvalue weighted by Crippen LogP contribution is 2.29. The fourth-order valence-corrected chi connectivity index (χ4v) is 1.71. The lowest BCUT2D eigenvalue weighted by atomic mass is 9.81. The Morgan fingerprint density at radius 3 is 2.31 bits per heavy atom. The minimum atomic E-state index is -0.131. The first-order chi connectivity index (χ1) is 6.05. The molecule has 0 unspecified atom stereocenters. The van der Waals surface area contributed by atoms with Gasteiger partial charge in [-0.05, 0) is 26.2 Å².